The van der Waals surface area contributed by atoms with E-state index in [0.717, 1.165) is 30.4 Å². The van der Waals surface area contributed by atoms with Crippen molar-refractivity contribution in [1.82, 2.24) is 15.3 Å². The molecule has 1 saturated heterocycles. The van der Waals surface area contributed by atoms with E-state index >= 15 is 0 Å². The Kier molecular flexibility index (Phi) is 6.36. The fourth-order valence-corrected chi connectivity index (χ4v) is 4.11. The van der Waals surface area contributed by atoms with Gasteiger partial charge in [0.15, 0.2) is 0 Å². The van der Waals surface area contributed by atoms with Gasteiger partial charge in [-0.1, -0.05) is 0 Å². The smallest absolute Gasteiger partial charge is 0.416 e. The molecule has 0 spiro atoms. The fraction of sp³-hybridized carbons (Fsp3) is 0.348. The third-order valence-corrected chi connectivity index (χ3v) is 5.55. The number of piperidine rings is 1. The minimum Gasteiger partial charge on any atom is -0.497 e. The topological polar surface area (TPSA) is 105 Å². The summed E-state index contributed by atoms with van der Waals surface area (Å²) in [6.07, 6.45) is -2.85. The molecule has 3 aromatic rings. The second-order valence-corrected chi connectivity index (χ2v) is 8.21. The van der Waals surface area contributed by atoms with Gasteiger partial charge in [-0.2, -0.15) is 18.2 Å². The Bertz CT molecular complexity index is 1220. The van der Waals surface area contributed by atoms with Gasteiger partial charge in [0.1, 0.15) is 11.6 Å². The number of hydrogen-bond donors (Lipinski definition) is 3. The summed E-state index contributed by atoms with van der Waals surface area (Å²) in [5, 5.41) is 6.55. The average Bonchev–Trinajstić information content (AvgIpc) is 2.77. The van der Waals surface area contributed by atoms with Gasteiger partial charge in [0.2, 0.25) is 11.9 Å². The lowest BCUT2D eigenvalue weighted by Crippen LogP contribution is -2.47. The number of hydrogen-bond acceptors (Lipinski definition) is 7. The van der Waals surface area contributed by atoms with Crippen LogP contribution in [0, 0.1) is 0 Å². The highest BCUT2D eigenvalue weighted by molar-refractivity contribution is 5.92. The molecule has 4 N–H and O–H groups in total. The lowest BCUT2D eigenvalue weighted by atomic mass is 10.0. The van der Waals surface area contributed by atoms with E-state index < -0.39 is 11.7 Å². The molecule has 1 fully saturated rings. The highest BCUT2D eigenvalue weighted by atomic mass is 19.4. The fourth-order valence-electron chi connectivity index (χ4n) is 4.11. The number of nitrogens with one attached hydrogen (secondary N) is 2. The zero-order valence-corrected chi connectivity index (χ0v) is 18.7. The maximum Gasteiger partial charge on any atom is 0.416 e. The summed E-state index contributed by atoms with van der Waals surface area (Å²) >= 11 is 0. The predicted octanol–water partition coefficient (Wildman–Crippen LogP) is 4.09. The first kappa shape index (κ1) is 23.4. The molecule has 34 heavy (non-hydrogen) atoms. The molecule has 0 unspecified atom stereocenters. The number of nitrogens with two attached hydrogens (primary N) is 1. The summed E-state index contributed by atoms with van der Waals surface area (Å²) in [6, 6.07) is 8.53. The first-order chi connectivity index (χ1) is 16.1. The van der Waals surface area contributed by atoms with Crippen molar-refractivity contribution in [3.8, 4) is 5.75 Å². The molecule has 11 heteroatoms. The molecule has 4 rings (SSSR count). The highest BCUT2D eigenvalue weighted by Crippen LogP contribution is 2.35. The Labute approximate surface area is 194 Å². The molecule has 1 aliphatic rings. The number of amides is 1. The molecular formula is C23H25F3N6O2. The highest BCUT2D eigenvalue weighted by Gasteiger charge is 2.31. The van der Waals surface area contributed by atoms with E-state index in [2.05, 4.69) is 20.6 Å². The van der Waals surface area contributed by atoms with E-state index in [1.165, 1.54) is 13.0 Å². The first-order valence-electron chi connectivity index (χ1n) is 10.7. The molecule has 1 aromatic heterocycles. The maximum atomic E-state index is 13.2. The Morgan fingerprint density at radius 3 is 2.71 bits per heavy atom. The largest absolute Gasteiger partial charge is 0.497 e. The Morgan fingerprint density at radius 1 is 1.21 bits per heavy atom. The van der Waals surface area contributed by atoms with Crippen LogP contribution in [0.2, 0.25) is 0 Å². The van der Waals surface area contributed by atoms with Gasteiger partial charge < -0.3 is 26.0 Å². The van der Waals surface area contributed by atoms with Crippen LogP contribution >= 0.6 is 0 Å². The minimum absolute atomic E-state index is 0.0303. The Balaban J connectivity index is 1.75. The molecule has 0 bridgehead atoms. The summed E-state index contributed by atoms with van der Waals surface area (Å²) in [5.74, 6) is 1.25. The van der Waals surface area contributed by atoms with Crippen molar-refractivity contribution in [3.63, 3.8) is 0 Å². The second-order valence-electron chi connectivity index (χ2n) is 8.21. The van der Waals surface area contributed by atoms with Crippen LogP contribution in [-0.2, 0) is 11.0 Å². The van der Waals surface area contributed by atoms with Crippen LogP contribution < -0.4 is 26.0 Å². The van der Waals surface area contributed by atoms with Crippen LogP contribution in [0.5, 0.6) is 5.75 Å². The summed E-state index contributed by atoms with van der Waals surface area (Å²) in [7, 11) is 1.56. The molecule has 1 atom stereocenters. The van der Waals surface area contributed by atoms with Gasteiger partial charge in [0.05, 0.1) is 18.2 Å². The number of nitrogen functional groups attached to an aromatic ring is 1. The molecule has 2 heterocycles. The predicted molar refractivity (Wildman–Crippen MR) is 124 cm³/mol. The molecule has 8 nitrogen and oxygen atoms in total. The third-order valence-electron chi connectivity index (χ3n) is 5.55. The molecule has 0 radical (unpaired) electrons. The number of alkyl halides is 3. The van der Waals surface area contributed by atoms with E-state index in [1.807, 2.05) is 11.0 Å². The van der Waals surface area contributed by atoms with Gasteiger partial charge in [-0.3, -0.25) is 4.79 Å². The van der Waals surface area contributed by atoms with Crippen LogP contribution in [0.4, 0.5) is 36.3 Å². The van der Waals surface area contributed by atoms with Crippen LogP contribution in [0.1, 0.15) is 25.3 Å². The van der Waals surface area contributed by atoms with E-state index in [4.69, 9.17) is 10.5 Å². The molecule has 1 amide bonds. The molecular weight excluding hydrogens is 449 g/mol. The number of methoxy groups -OCH3 is 1. The van der Waals surface area contributed by atoms with Gasteiger partial charge in [0, 0.05) is 42.8 Å². The standard InChI is InChI=1S/C23H25F3N6O2/c1-13(33)28-16-4-3-7-32(12-16)21-19-11-18(34-2)5-6-20(19)30-22(31-21)29-17-9-14(23(24,25)26)8-15(27)10-17/h5-6,8-11,16H,3-4,7,12,27H2,1-2H3,(H,28,33)(H,29,30,31)/t16-/m1/s1. The number of carbonyl (C=O) groups is 1. The number of ether oxygens (including phenoxy) is 1. The number of anilines is 4. The van der Waals surface area contributed by atoms with Crippen LogP contribution in [0.3, 0.4) is 0 Å². The third kappa shape index (κ3) is 5.24. The molecule has 2 aromatic carbocycles. The van der Waals surface area contributed by atoms with Crippen molar-refractivity contribution in [2.75, 3.05) is 36.1 Å². The quantitative estimate of drug-likeness (QED) is 0.479. The van der Waals surface area contributed by atoms with Gasteiger partial charge in [-0.15, -0.1) is 0 Å². The summed E-state index contributed by atoms with van der Waals surface area (Å²) in [6.45, 7) is 2.72. The lowest BCUT2D eigenvalue weighted by molar-refractivity contribution is -0.137. The van der Waals surface area contributed by atoms with Crippen molar-refractivity contribution in [2.24, 2.45) is 0 Å². The number of nitrogens with zero attached hydrogens (tertiary/aromatic N) is 3. The monoisotopic (exact) mass is 474 g/mol. The van der Waals surface area contributed by atoms with Crippen molar-refractivity contribution >= 4 is 40.0 Å². The van der Waals surface area contributed by atoms with Gasteiger partial charge in [-0.25, -0.2) is 4.98 Å². The van der Waals surface area contributed by atoms with E-state index in [0.29, 0.717) is 30.2 Å². The molecule has 0 saturated carbocycles. The zero-order valence-electron chi connectivity index (χ0n) is 18.7. The van der Waals surface area contributed by atoms with E-state index in [-0.39, 0.29) is 29.3 Å². The van der Waals surface area contributed by atoms with Crippen molar-refractivity contribution in [2.45, 2.75) is 32.0 Å². The van der Waals surface area contributed by atoms with Crippen LogP contribution in [0.15, 0.2) is 36.4 Å². The van der Waals surface area contributed by atoms with Crippen LogP contribution in [0.25, 0.3) is 10.9 Å². The SMILES string of the molecule is COc1ccc2nc(Nc3cc(N)cc(C(F)(F)F)c3)nc(N3CCC[C@@H](NC(C)=O)C3)c2c1. The van der Waals surface area contributed by atoms with Gasteiger partial charge in [0.25, 0.3) is 0 Å². The minimum atomic E-state index is -4.54. The molecule has 0 aliphatic carbocycles. The van der Waals surface area contributed by atoms with Gasteiger partial charge in [-0.05, 0) is 49.2 Å². The van der Waals surface area contributed by atoms with E-state index in [1.54, 1.807) is 19.2 Å². The van der Waals surface area contributed by atoms with Gasteiger partial charge >= 0.3 is 6.18 Å². The second kappa shape index (κ2) is 9.24. The summed E-state index contributed by atoms with van der Waals surface area (Å²) < 4.78 is 45.1. The first-order valence-corrected chi connectivity index (χ1v) is 10.7. The number of aromatic nitrogens is 2. The number of halogens is 3. The normalized spacial score (nSPS) is 16.4. The number of carbonyl (C=O) groups excluding carboxylic acids is 1. The maximum absolute atomic E-state index is 13.2. The summed E-state index contributed by atoms with van der Waals surface area (Å²) in [4.78, 5) is 22.7. The lowest BCUT2D eigenvalue weighted by Gasteiger charge is -2.34. The van der Waals surface area contributed by atoms with Crippen molar-refractivity contribution in [3.05, 3.63) is 42.0 Å². The summed E-state index contributed by atoms with van der Waals surface area (Å²) in [5.41, 5.74) is 5.52. The number of fused-ring (bicyclic) bond motifs is 1. The zero-order chi connectivity index (χ0) is 24.5. The average molecular weight is 474 g/mol. The molecule has 180 valence electrons. The molecule has 1 aliphatic heterocycles. The Morgan fingerprint density at radius 2 is 2.00 bits per heavy atom. The van der Waals surface area contributed by atoms with Crippen molar-refractivity contribution in [1.29, 1.82) is 0 Å². The number of benzene rings is 2. The number of rotatable bonds is 5. The van der Waals surface area contributed by atoms with Crippen molar-refractivity contribution < 1.29 is 22.7 Å². The Hall–Kier alpha value is -3.76. The van der Waals surface area contributed by atoms with Crippen LogP contribution in [-0.4, -0.2) is 42.1 Å². The van der Waals surface area contributed by atoms with E-state index in [9.17, 15) is 18.0 Å².